The number of hydrazine groups is 1. The van der Waals surface area contributed by atoms with Crippen molar-refractivity contribution in [2.45, 2.75) is 0 Å². The molecule has 2 rings (SSSR count). The lowest BCUT2D eigenvalue weighted by molar-refractivity contribution is 0.797. The summed E-state index contributed by atoms with van der Waals surface area (Å²) in [6, 6.07) is 7.62. The molecule has 0 radical (unpaired) electrons. The maximum atomic E-state index is 5.86. The average Bonchev–Trinajstić information content (AvgIpc) is 2.52. The zero-order chi connectivity index (χ0) is 9.26. The fraction of sp³-hybridized carbons (Fsp3) is 0.111. The van der Waals surface area contributed by atoms with Crippen molar-refractivity contribution in [3.63, 3.8) is 0 Å². The summed E-state index contributed by atoms with van der Waals surface area (Å²) in [4.78, 5) is 0. The molecule has 1 aromatic rings. The van der Waals surface area contributed by atoms with Crippen molar-refractivity contribution in [1.29, 1.82) is 0 Å². The molecule has 1 aliphatic rings. The largest absolute Gasteiger partial charge is 0.384 e. The molecule has 4 heteroatoms. The van der Waals surface area contributed by atoms with Crippen LogP contribution in [0.4, 0.5) is 5.69 Å². The van der Waals surface area contributed by atoms with Crippen LogP contribution in [0.25, 0.3) is 0 Å². The second-order valence-corrected chi connectivity index (χ2v) is 3.30. The quantitative estimate of drug-likeness (QED) is 0.713. The van der Waals surface area contributed by atoms with Gasteiger partial charge in [0.15, 0.2) is 0 Å². The number of nitrogens with one attached hydrogen (secondary N) is 1. The Kier molecular flexibility index (Phi) is 2.02. The van der Waals surface area contributed by atoms with Crippen LogP contribution in [-0.4, -0.2) is 6.54 Å². The van der Waals surface area contributed by atoms with Crippen molar-refractivity contribution in [2.24, 2.45) is 5.73 Å². The van der Waals surface area contributed by atoms with E-state index >= 15 is 0 Å². The minimum Gasteiger partial charge on any atom is -0.384 e. The standard InChI is InChI=1S/C9H10ClN3/c10-7-2-1-3-8(6-7)13-5-4-9(11)12-13/h1-4,6,12H,5,11H2. The van der Waals surface area contributed by atoms with E-state index < -0.39 is 0 Å². The summed E-state index contributed by atoms with van der Waals surface area (Å²) in [6.07, 6.45) is 1.92. The highest BCUT2D eigenvalue weighted by Gasteiger charge is 2.10. The lowest BCUT2D eigenvalue weighted by Gasteiger charge is -2.19. The first-order chi connectivity index (χ1) is 6.25. The molecule has 0 atom stereocenters. The van der Waals surface area contributed by atoms with Crippen LogP contribution in [0.3, 0.4) is 0 Å². The zero-order valence-electron chi connectivity index (χ0n) is 7.00. The lowest BCUT2D eigenvalue weighted by atomic mass is 10.3. The molecular weight excluding hydrogens is 186 g/mol. The average molecular weight is 196 g/mol. The molecule has 1 heterocycles. The highest BCUT2D eigenvalue weighted by molar-refractivity contribution is 6.30. The molecule has 68 valence electrons. The van der Waals surface area contributed by atoms with Gasteiger partial charge >= 0.3 is 0 Å². The van der Waals surface area contributed by atoms with E-state index in [-0.39, 0.29) is 0 Å². The Hall–Kier alpha value is -1.35. The van der Waals surface area contributed by atoms with Crippen LogP contribution in [0.1, 0.15) is 0 Å². The predicted molar refractivity (Wildman–Crippen MR) is 54.2 cm³/mol. The highest BCUT2D eigenvalue weighted by Crippen LogP contribution is 2.19. The van der Waals surface area contributed by atoms with Crippen molar-refractivity contribution >= 4 is 17.3 Å². The molecule has 0 saturated carbocycles. The Morgan fingerprint density at radius 1 is 1.46 bits per heavy atom. The number of nitrogens with two attached hydrogens (primary N) is 1. The van der Waals surface area contributed by atoms with Gasteiger partial charge in [-0.2, -0.15) is 0 Å². The fourth-order valence-corrected chi connectivity index (χ4v) is 1.44. The van der Waals surface area contributed by atoms with Gasteiger partial charge in [-0.05, 0) is 24.3 Å². The van der Waals surface area contributed by atoms with E-state index in [1.807, 2.05) is 35.4 Å². The Labute approximate surface area is 81.8 Å². The van der Waals surface area contributed by atoms with Crippen LogP contribution in [-0.2, 0) is 0 Å². The van der Waals surface area contributed by atoms with Gasteiger partial charge in [0.25, 0.3) is 0 Å². The van der Waals surface area contributed by atoms with Crippen molar-refractivity contribution in [3.8, 4) is 0 Å². The molecule has 0 aromatic heterocycles. The minimum atomic E-state index is 0.681. The van der Waals surface area contributed by atoms with Crippen molar-refractivity contribution in [3.05, 3.63) is 41.2 Å². The molecule has 0 unspecified atom stereocenters. The monoisotopic (exact) mass is 195 g/mol. The Balaban J connectivity index is 2.18. The van der Waals surface area contributed by atoms with Crippen LogP contribution in [0, 0.1) is 0 Å². The number of nitrogens with zero attached hydrogens (tertiary/aromatic N) is 1. The van der Waals surface area contributed by atoms with E-state index in [0.29, 0.717) is 5.82 Å². The van der Waals surface area contributed by atoms with Crippen LogP contribution < -0.4 is 16.2 Å². The van der Waals surface area contributed by atoms with E-state index in [2.05, 4.69) is 5.43 Å². The lowest BCUT2D eigenvalue weighted by Crippen LogP contribution is -2.33. The summed E-state index contributed by atoms with van der Waals surface area (Å²) in [5.41, 5.74) is 9.60. The first-order valence-corrected chi connectivity index (χ1v) is 4.39. The number of hydrogen-bond acceptors (Lipinski definition) is 3. The number of halogens is 1. The molecule has 13 heavy (non-hydrogen) atoms. The second-order valence-electron chi connectivity index (χ2n) is 2.86. The smallest absolute Gasteiger partial charge is 0.113 e. The normalized spacial score (nSPS) is 15.5. The van der Waals surface area contributed by atoms with Gasteiger partial charge < -0.3 is 5.73 Å². The number of hydrogen-bond donors (Lipinski definition) is 2. The molecule has 0 aliphatic carbocycles. The first kappa shape index (κ1) is 8.26. The summed E-state index contributed by atoms with van der Waals surface area (Å²) in [6.45, 7) is 0.770. The molecule has 3 nitrogen and oxygen atoms in total. The Bertz CT molecular complexity index is 348. The third kappa shape index (κ3) is 1.70. The minimum absolute atomic E-state index is 0.681. The molecule has 1 aromatic carbocycles. The van der Waals surface area contributed by atoms with Gasteiger partial charge in [0, 0.05) is 5.02 Å². The summed E-state index contributed by atoms with van der Waals surface area (Å²) in [7, 11) is 0. The molecule has 0 amide bonds. The number of rotatable bonds is 1. The summed E-state index contributed by atoms with van der Waals surface area (Å²) < 4.78 is 0. The summed E-state index contributed by atoms with van der Waals surface area (Å²) in [5, 5.41) is 2.66. The number of anilines is 1. The van der Waals surface area contributed by atoms with Gasteiger partial charge in [-0.25, -0.2) is 0 Å². The van der Waals surface area contributed by atoms with Crippen molar-refractivity contribution in [1.82, 2.24) is 5.43 Å². The van der Waals surface area contributed by atoms with Gasteiger partial charge in [0.05, 0.1) is 12.2 Å². The highest BCUT2D eigenvalue weighted by atomic mass is 35.5. The zero-order valence-corrected chi connectivity index (χ0v) is 7.75. The fourth-order valence-electron chi connectivity index (χ4n) is 1.25. The van der Waals surface area contributed by atoms with Gasteiger partial charge in [0.1, 0.15) is 5.82 Å². The summed E-state index contributed by atoms with van der Waals surface area (Å²) in [5.74, 6) is 0.681. The maximum absolute atomic E-state index is 5.86. The van der Waals surface area contributed by atoms with Crippen LogP contribution >= 0.6 is 11.6 Å². The predicted octanol–water partition coefficient (Wildman–Crippen LogP) is 1.46. The van der Waals surface area contributed by atoms with Gasteiger partial charge in [-0.1, -0.05) is 17.7 Å². The third-order valence-electron chi connectivity index (χ3n) is 1.88. The van der Waals surface area contributed by atoms with Crippen LogP contribution in [0.5, 0.6) is 0 Å². The number of benzene rings is 1. The van der Waals surface area contributed by atoms with Crippen molar-refractivity contribution < 1.29 is 0 Å². The SMILES string of the molecule is NC1=CCN(c2cccc(Cl)c2)N1. The van der Waals surface area contributed by atoms with Gasteiger partial charge in [-0.3, -0.25) is 10.4 Å². The van der Waals surface area contributed by atoms with E-state index in [0.717, 1.165) is 17.3 Å². The van der Waals surface area contributed by atoms with Gasteiger partial charge in [-0.15, -0.1) is 0 Å². The summed E-state index contributed by atoms with van der Waals surface area (Å²) >= 11 is 5.86. The molecule has 0 spiro atoms. The van der Waals surface area contributed by atoms with Gasteiger partial charge in [0.2, 0.25) is 0 Å². The molecule has 1 aliphatic heterocycles. The van der Waals surface area contributed by atoms with E-state index in [1.54, 1.807) is 0 Å². The molecule has 3 N–H and O–H groups in total. The Morgan fingerprint density at radius 3 is 2.92 bits per heavy atom. The first-order valence-electron chi connectivity index (χ1n) is 4.01. The maximum Gasteiger partial charge on any atom is 0.113 e. The Morgan fingerprint density at radius 2 is 2.31 bits per heavy atom. The third-order valence-corrected chi connectivity index (χ3v) is 2.11. The van der Waals surface area contributed by atoms with E-state index in [9.17, 15) is 0 Å². The molecule has 0 fully saturated rings. The van der Waals surface area contributed by atoms with E-state index in [1.165, 1.54) is 0 Å². The van der Waals surface area contributed by atoms with Crippen LogP contribution in [0.2, 0.25) is 5.02 Å². The second kappa shape index (κ2) is 3.18. The molecule has 0 bridgehead atoms. The topological polar surface area (TPSA) is 41.3 Å². The van der Waals surface area contributed by atoms with Crippen LogP contribution in [0.15, 0.2) is 36.2 Å². The van der Waals surface area contributed by atoms with E-state index in [4.69, 9.17) is 17.3 Å². The van der Waals surface area contributed by atoms with Crippen molar-refractivity contribution in [2.75, 3.05) is 11.6 Å². The molecule has 0 saturated heterocycles. The molecular formula is C9H10ClN3.